The number of hydrogen-bond donors (Lipinski definition) is 0. The quantitative estimate of drug-likeness (QED) is 0.0681. The molecular weight excluding hydrogens is 1520 g/mol. The number of benzene rings is 11. The average molecular weight is 1620 g/mol. The van der Waals surface area contributed by atoms with Crippen molar-refractivity contribution < 1.29 is 81.8 Å². The molecule has 0 aliphatic heterocycles. The molecule has 16 heteroatoms. The van der Waals surface area contributed by atoms with Gasteiger partial charge in [0.2, 0.25) is 0 Å². The van der Waals surface area contributed by atoms with E-state index in [4.69, 9.17) is 18.9 Å². The Hall–Kier alpha value is -8.97. The van der Waals surface area contributed by atoms with E-state index in [0.29, 0.717) is 23.3 Å². The van der Waals surface area contributed by atoms with E-state index in [2.05, 4.69) is 249 Å². The van der Waals surface area contributed by atoms with E-state index in [9.17, 15) is 41.7 Å². The lowest BCUT2D eigenvalue weighted by Crippen LogP contribution is -3.61. The van der Waals surface area contributed by atoms with E-state index in [0.717, 1.165) is 58.4 Å². The summed E-state index contributed by atoms with van der Waals surface area (Å²) in [4.78, 5) is 7.50. The van der Waals surface area contributed by atoms with Crippen LogP contribution in [0.5, 0.6) is 40.2 Å². The van der Waals surface area contributed by atoms with Crippen LogP contribution in [-0.4, -0.2) is 28.4 Å². The van der Waals surface area contributed by atoms with Crippen molar-refractivity contribution in [2.75, 3.05) is 28.4 Å². The van der Waals surface area contributed by atoms with Gasteiger partial charge in [-0.3, -0.25) is 0 Å². The first-order valence-electron chi connectivity index (χ1n) is 35.1. The number of alkyl halides is 6. The molecule has 11 aromatic rings. The minimum Gasteiger partial charge on any atom is -0.872 e. The van der Waals surface area contributed by atoms with Crippen LogP contribution in [0.1, 0.15) is 139 Å². The van der Waals surface area contributed by atoms with E-state index in [1.807, 2.05) is 48.5 Å². The first-order chi connectivity index (χ1) is 50.5. The highest BCUT2D eigenvalue weighted by Gasteiger charge is 2.34. The molecule has 0 aliphatic rings. The maximum Gasteiger partial charge on any atom is 0.416 e. The molecule has 0 spiro atoms. The summed E-state index contributed by atoms with van der Waals surface area (Å²) in [5, 5.41) is 32.9. The zero-order chi connectivity index (χ0) is 80.1. The molecule has 108 heavy (non-hydrogen) atoms. The van der Waals surface area contributed by atoms with Gasteiger partial charge in [-0.15, -0.1) is 17.2 Å². The Labute approximate surface area is 653 Å². The maximum atomic E-state index is 12.0. The van der Waals surface area contributed by atoms with Crippen molar-refractivity contribution in [2.45, 2.75) is 174 Å². The summed E-state index contributed by atoms with van der Waals surface area (Å²) in [7, 11) is 6.40. The molecule has 0 bridgehead atoms. The first-order valence-corrected chi connectivity index (χ1v) is 39.7. The van der Waals surface area contributed by atoms with Crippen LogP contribution in [0.25, 0.3) is 0 Å². The Morgan fingerprint density at radius 3 is 0.731 bits per heavy atom. The molecule has 0 N–H and O–H groups in total. The molecule has 0 unspecified atom stereocenters. The van der Waals surface area contributed by atoms with E-state index >= 15 is 0 Å². The zero-order valence-corrected chi connectivity index (χ0v) is 69.3. The molecule has 0 heterocycles. The standard InChI is InChI=1S/2C21H21O2S.C20H26I.C14H22O.2C8H7F3O/c2*1-16-7-4-10-19(13-16)24(20-11-5-8-17(14-20)22-2)21-12-6-9-18(15-21)23-3;1-19(2,3)15-7-11-17(12-8-15)21-18-13-9-16(10-14-18)20(4,5)6;1-13(2,3)10-7-11(14(4,5)6)9-12(15)8-10;2*1-5-2-6(8(9,10)11)4-7(12)3-5/h2*4-15H,1-3H3;7-14H,1-6H3;7-9,15H,1-6H3;2*2-4,12H,1H3/q3*+1;;;/p-3. The monoisotopic (exact) mass is 1620 g/mol. The highest BCUT2D eigenvalue weighted by atomic mass is 127. The van der Waals surface area contributed by atoms with Crippen LogP contribution in [0.2, 0.25) is 0 Å². The summed E-state index contributed by atoms with van der Waals surface area (Å²) in [6.07, 6.45) is -8.85. The van der Waals surface area contributed by atoms with Crippen LogP contribution in [0.15, 0.2) is 278 Å². The van der Waals surface area contributed by atoms with Gasteiger partial charge >= 0.3 is 33.6 Å². The van der Waals surface area contributed by atoms with E-state index in [1.165, 1.54) is 72.6 Å². The van der Waals surface area contributed by atoms with E-state index in [1.54, 1.807) is 40.6 Å². The van der Waals surface area contributed by atoms with Crippen molar-refractivity contribution in [1.29, 1.82) is 0 Å². The number of aryl methyl sites for hydroxylation is 4. The second-order valence-electron chi connectivity index (χ2n) is 29.9. The Morgan fingerprint density at radius 2 is 0.500 bits per heavy atom. The second kappa shape index (κ2) is 38.9. The van der Waals surface area contributed by atoms with Crippen LogP contribution in [0.3, 0.4) is 0 Å². The van der Waals surface area contributed by atoms with Gasteiger partial charge in [0.15, 0.2) is 36.5 Å². The van der Waals surface area contributed by atoms with E-state index < -0.39 is 35.0 Å². The third kappa shape index (κ3) is 27.9. The molecule has 0 amide bonds. The summed E-state index contributed by atoms with van der Waals surface area (Å²) < 4.78 is 96.7. The number of methoxy groups -OCH3 is 4. The smallest absolute Gasteiger partial charge is 0.416 e. The summed E-state index contributed by atoms with van der Waals surface area (Å²) in [6, 6.07) is 80.0. The molecule has 0 saturated carbocycles. The Kier molecular flexibility index (Phi) is 31.7. The van der Waals surface area contributed by atoms with Gasteiger partial charge in [0.25, 0.3) is 0 Å². The lowest BCUT2D eigenvalue weighted by Gasteiger charge is -2.27. The number of rotatable bonds is 12. The number of ether oxygens (including phenoxy) is 4. The highest BCUT2D eigenvalue weighted by molar-refractivity contribution is 7.97. The third-order valence-corrected chi connectivity index (χ3v) is 23.6. The second-order valence-corrected chi connectivity index (χ2v) is 37.0. The maximum absolute atomic E-state index is 12.0. The van der Waals surface area contributed by atoms with Crippen molar-refractivity contribution in [3.8, 4) is 40.2 Å². The largest absolute Gasteiger partial charge is 0.872 e. The minimum absolute atomic E-state index is 0.0421. The molecule has 0 fully saturated rings. The third-order valence-electron chi connectivity index (χ3n) is 16.6. The highest BCUT2D eigenvalue weighted by Crippen LogP contribution is 2.39. The molecule has 7 nitrogen and oxygen atoms in total. The Morgan fingerprint density at radius 1 is 0.259 bits per heavy atom. The first kappa shape index (κ1) is 87.9. The SMILES string of the molecule is CC(C)(C)c1cc([O-])cc(C(C)(C)C)c1.CC(C)(C)c1ccc([I+]c2ccc(C(C)(C)C)cc2)cc1.COc1cccc([S+](c2cccc(C)c2)c2cccc(OC)c2)c1.COc1cccc([S+](c2cccc(C)c2)c2cccc(OC)c2)c1.Cc1cc([O-])cc(C(F)(F)F)c1.Cc1cc([O-])cc(C(F)(F)F)c1. The zero-order valence-electron chi connectivity index (χ0n) is 65.5. The molecule has 0 atom stereocenters. The molecule has 0 aromatic heterocycles. The van der Waals surface area contributed by atoms with Crippen LogP contribution in [0, 0.1) is 34.8 Å². The molecule has 572 valence electrons. The van der Waals surface area contributed by atoms with Gasteiger partial charge in [-0.25, -0.2) is 0 Å². The molecule has 0 saturated heterocycles. The summed E-state index contributed by atoms with van der Waals surface area (Å²) in [6.45, 7) is 33.6. The van der Waals surface area contributed by atoms with Crippen molar-refractivity contribution >= 4 is 21.8 Å². The van der Waals surface area contributed by atoms with Gasteiger partial charge in [-0.1, -0.05) is 209 Å². The van der Waals surface area contributed by atoms with Gasteiger partial charge in [0.1, 0.15) is 23.0 Å². The van der Waals surface area contributed by atoms with Gasteiger partial charge in [0.05, 0.1) is 61.4 Å². The minimum atomic E-state index is -4.43. The normalized spacial score (nSPS) is 11.6. The Balaban J connectivity index is 0.000000207. The lowest BCUT2D eigenvalue weighted by molar-refractivity contribution is -0.597. The molecule has 0 aliphatic carbocycles. The fourth-order valence-electron chi connectivity index (χ4n) is 10.7. The predicted octanol–water partition coefficient (Wildman–Crippen LogP) is 20.2. The fraction of sp³-hybridized carbons (Fsp3) is 0.283. The summed E-state index contributed by atoms with van der Waals surface area (Å²) in [5.74, 6) is 2.40. The molecular formula is C92H101F6IO7S2. The van der Waals surface area contributed by atoms with Crippen LogP contribution in [0.4, 0.5) is 26.3 Å². The van der Waals surface area contributed by atoms with Crippen molar-refractivity contribution in [3.05, 3.63) is 311 Å². The summed E-state index contributed by atoms with van der Waals surface area (Å²) >= 11 is -0.0703. The van der Waals surface area contributed by atoms with Crippen LogP contribution >= 0.6 is 0 Å². The lowest BCUT2D eigenvalue weighted by atomic mass is 9.80. The number of hydrogen-bond acceptors (Lipinski definition) is 7. The predicted molar refractivity (Wildman–Crippen MR) is 421 cm³/mol. The average Bonchev–Trinajstić information content (AvgIpc) is 0.808. The molecule has 0 radical (unpaired) electrons. The number of halogens is 7. The topological polar surface area (TPSA) is 106 Å². The fourth-order valence-corrected chi connectivity index (χ4v) is 17.3. The van der Waals surface area contributed by atoms with Crippen LogP contribution in [-0.2, 0) is 55.8 Å². The van der Waals surface area contributed by atoms with Gasteiger partial charge in [-0.05, 0) is 192 Å². The Bertz CT molecular complexity index is 4240. The molecule has 11 rings (SSSR count). The summed E-state index contributed by atoms with van der Waals surface area (Å²) in [5.41, 5.74) is 7.06. The van der Waals surface area contributed by atoms with Crippen LogP contribution < -0.4 is 55.5 Å². The van der Waals surface area contributed by atoms with Gasteiger partial charge in [-0.2, -0.15) is 26.3 Å². The van der Waals surface area contributed by atoms with E-state index in [-0.39, 0.29) is 70.4 Å². The van der Waals surface area contributed by atoms with Gasteiger partial charge < -0.3 is 34.3 Å². The van der Waals surface area contributed by atoms with Crippen molar-refractivity contribution in [2.24, 2.45) is 0 Å². The van der Waals surface area contributed by atoms with Gasteiger partial charge in [0, 0.05) is 24.3 Å². The molecule has 11 aromatic carbocycles. The van der Waals surface area contributed by atoms with Crippen molar-refractivity contribution in [1.82, 2.24) is 0 Å². The van der Waals surface area contributed by atoms with Crippen molar-refractivity contribution in [3.63, 3.8) is 0 Å².